The smallest absolute Gasteiger partial charge is 0.335 e. The minimum Gasteiger partial charge on any atom is -0.494 e. The molecule has 1 aromatic rings. The second-order valence-electron chi connectivity index (χ2n) is 14.2. The Hall–Kier alpha value is -5.31. The van der Waals surface area contributed by atoms with Crippen LogP contribution in [0.15, 0.2) is 24.3 Å². The number of ether oxygens (including phenoxy) is 5. The molecule has 20 nitrogen and oxygen atoms in total. The topological polar surface area (TPSA) is 297 Å². The molecular weight excluding hydrogens is 830 g/mol. The summed E-state index contributed by atoms with van der Waals surface area (Å²) in [5.41, 5.74) is 0.104. The number of benzene rings is 1. The summed E-state index contributed by atoms with van der Waals surface area (Å²) in [5.74, 6) is -5.90. The second kappa shape index (κ2) is 37.3. The highest BCUT2D eigenvalue weighted by Crippen LogP contribution is 2.16. The van der Waals surface area contributed by atoms with E-state index >= 15 is 0 Å². The van der Waals surface area contributed by atoms with Gasteiger partial charge in [0.05, 0.1) is 44.0 Å². The SMILES string of the molecule is CCCNC(=O)CCC(=O)COCCC.COCCNC(=O)COCCOCCCC(=O)C(CCC(=O)O)NC(=O)CCC(CC(=O)CCCOc1ccc(C(=O)O)cc1)C(=O)O. The van der Waals surface area contributed by atoms with Gasteiger partial charge in [0.15, 0.2) is 11.6 Å². The fraction of sp³-hybridized carbons (Fsp3) is 0.651. The molecule has 63 heavy (non-hydrogen) atoms. The Labute approximate surface area is 368 Å². The molecule has 2 atom stereocenters. The van der Waals surface area contributed by atoms with Crippen LogP contribution in [0.25, 0.3) is 0 Å². The zero-order chi connectivity index (χ0) is 47.3. The third-order valence-electron chi connectivity index (χ3n) is 8.64. The number of aromatic carboxylic acids is 1. The van der Waals surface area contributed by atoms with E-state index in [0.29, 0.717) is 44.9 Å². The summed E-state index contributed by atoms with van der Waals surface area (Å²) < 4.78 is 26.0. The molecule has 356 valence electrons. The lowest BCUT2D eigenvalue weighted by Crippen LogP contribution is -2.41. The summed E-state index contributed by atoms with van der Waals surface area (Å²) in [5, 5.41) is 35.4. The highest BCUT2D eigenvalue weighted by molar-refractivity contribution is 5.90. The molecule has 0 fully saturated rings. The van der Waals surface area contributed by atoms with Crippen LogP contribution in [0.1, 0.15) is 108 Å². The third kappa shape index (κ3) is 33.0. The predicted octanol–water partition coefficient (Wildman–Crippen LogP) is 2.77. The summed E-state index contributed by atoms with van der Waals surface area (Å²) in [6.45, 7) is 6.71. The molecular formula is C43H67N3O17. The maximum Gasteiger partial charge on any atom is 0.335 e. The number of carboxylic acid groups (broad SMARTS) is 3. The van der Waals surface area contributed by atoms with Crippen molar-refractivity contribution in [1.29, 1.82) is 0 Å². The van der Waals surface area contributed by atoms with Gasteiger partial charge < -0.3 is 55.0 Å². The molecule has 0 aliphatic heterocycles. The van der Waals surface area contributed by atoms with E-state index < -0.39 is 41.6 Å². The number of carboxylic acids is 3. The molecule has 3 amide bonds. The fourth-order valence-electron chi connectivity index (χ4n) is 5.26. The van der Waals surface area contributed by atoms with Crippen LogP contribution >= 0.6 is 0 Å². The van der Waals surface area contributed by atoms with Gasteiger partial charge in [0.2, 0.25) is 17.7 Å². The lowest BCUT2D eigenvalue weighted by Gasteiger charge is -2.18. The van der Waals surface area contributed by atoms with Crippen molar-refractivity contribution >= 4 is 53.0 Å². The van der Waals surface area contributed by atoms with Gasteiger partial charge in [-0.25, -0.2) is 4.79 Å². The molecule has 20 heteroatoms. The summed E-state index contributed by atoms with van der Waals surface area (Å²) >= 11 is 0. The van der Waals surface area contributed by atoms with E-state index in [1.807, 2.05) is 13.8 Å². The average molecular weight is 898 g/mol. The van der Waals surface area contributed by atoms with E-state index in [1.54, 1.807) is 0 Å². The fourth-order valence-corrected chi connectivity index (χ4v) is 5.26. The maximum absolute atomic E-state index is 12.7. The van der Waals surface area contributed by atoms with Crippen molar-refractivity contribution in [1.82, 2.24) is 16.0 Å². The molecule has 0 aliphatic carbocycles. The van der Waals surface area contributed by atoms with E-state index in [2.05, 4.69) is 16.0 Å². The molecule has 1 rings (SSSR count). The molecule has 0 saturated heterocycles. The molecule has 0 spiro atoms. The van der Waals surface area contributed by atoms with Crippen molar-refractivity contribution in [2.45, 2.75) is 103 Å². The first kappa shape index (κ1) is 57.7. The second-order valence-corrected chi connectivity index (χ2v) is 14.2. The van der Waals surface area contributed by atoms with Crippen molar-refractivity contribution in [3.8, 4) is 5.75 Å². The monoisotopic (exact) mass is 897 g/mol. The molecule has 0 aliphatic rings. The average Bonchev–Trinajstić information content (AvgIpc) is 3.25. The molecule has 0 aromatic heterocycles. The van der Waals surface area contributed by atoms with E-state index in [-0.39, 0.29) is 126 Å². The van der Waals surface area contributed by atoms with E-state index in [1.165, 1.54) is 31.4 Å². The number of carbonyl (C=O) groups is 9. The van der Waals surface area contributed by atoms with Crippen molar-refractivity contribution < 1.29 is 82.2 Å². The highest BCUT2D eigenvalue weighted by Gasteiger charge is 2.25. The molecule has 1 aromatic carbocycles. The van der Waals surface area contributed by atoms with Gasteiger partial charge in [-0.1, -0.05) is 13.8 Å². The van der Waals surface area contributed by atoms with E-state index in [9.17, 15) is 48.3 Å². The number of nitrogens with one attached hydrogen (secondary N) is 3. The van der Waals surface area contributed by atoms with Crippen LogP contribution in [-0.4, -0.2) is 147 Å². The van der Waals surface area contributed by atoms with E-state index in [4.69, 9.17) is 33.9 Å². The zero-order valence-electron chi connectivity index (χ0n) is 36.8. The van der Waals surface area contributed by atoms with Crippen molar-refractivity contribution in [2.75, 3.05) is 73.1 Å². The van der Waals surface area contributed by atoms with Crippen LogP contribution in [0.2, 0.25) is 0 Å². The first-order valence-electron chi connectivity index (χ1n) is 21.1. The first-order chi connectivity index (χ1) is 30.1. The predicted molar refractivity (Wildman–Crippen MR) is 226 cm³/mol. The van der Waals surface area contributed by atoms with Gasteiger partial charge in [0, 0.05) is 78.4 Å². The quantitative estimate of drug-likeness (QED) is 0.0520. The zero-order valence-corrected chi connectivity index (χ0v) is 36.8. The Morgan fingerprint density at radius 2 is 1.27 bits per heavy atom. The lowest BCUT2D eigenvalue weighted by molar-refractivity contribution is -0.144. The molecule has 0 saturated carbocycles. The molecule has 0 bridgehead atoms. The Morgan fingerprint density at radius 3 is 1.90 bits per heavy atom. The number of Topliss-reactive ketones (excluding diaryl/α,β-unsaturated/α-hetero) is 3. The summed E-state index contributed by atoms with van der Waals surface area (Å²) in [6.07, 6.45) is 1.74. The Bertz CT molecular complexity index is 1540. The number of hydrogen-bond donors (Lipinski definition) is 6. The largest absolute Gasteiger partial charge is 0.494 e. The van der Waals surface area contributed by atoms with Crippen molar-refractivity contribution in [2.24, 2.45) is 5.92 Å². The number of ketones is 3. The van der Waals surface area contributed by atoms with Gasteiger partial charge in [-0.05, 0) is 62.8 Å². The van der Waals surface area contributed by atoms with Crippen molar-refractivity contribution in [3.05, 3.63) is 29.8 Å². The van der Waals surface area contributed by atoms with Crippen LogP contribution in [0, 0.1) is 5.92 Å². The number of amides is 3. The minimum absolute atomic E-state index is 0.00304. The number of rotatable bonds is 38. The van der Waals surface area contributed by atoms with Gasteiger partial charge in [0.1, 0.15) is 24.7 Å². The van der Waals surface area contributed by atoms with Gasteiger partial charge in [-0.2, -0.15) is 0 Å². The standard InChI is InChI=1S/C32H46N2O14.C11H21NO3/c1-45-17-14-33-29(38)21-47-19-18-46-15-3-5-27(36)26(11-13-30(39)40)34-28(37)12-8-23(32(43)44)20-24(35)4-2-16-48-25-9-6-22(7-10-25)31(41)42;1-3-7-12-11(14)6-5-10(13)9-15-8-4-2/h6-7,9-10,23,26H,2-5,8,11-21H2,1H3,(H,33,38)(H,34,37)(H,39,40)(H,41,42)(H,43,44);3-9H2,1-2H3,(H,12,14). The molecule has 0 heterocycles. The third-order valence-corrected chi connectivity index (χ3v) is 8.64. The van der Waals surface area contributed by atoms with Crippen LogP contribution in [-0.2, 0) is 57.3 Å². The number of aliphatic carboxylic acids is 2. The van der Waals surface area contributed by atoms with Gasteiger partial charge in [0.25, 0.3) is 0 Å². The number of hydrogen-bond acceptors (Lipinski definition) is 14. The maximum atomic E-state index is 12.7. The van der Waals surface area contributed by atoms with Crippen LogP contribution < -0.4 is 20.7 Å². The summed E-state index contributed by atoms with van der Waals surface area (Å²) in [6, 6.07) is 4.66. The number of carbonyl (C=O) groups excluding carboxylic acids is 6. The summed E-state index contributed by atoms with van der Waals surface area (Å²) in [7, 11) is 1.52. The molecule has 0 radical (unpaired) electrons. The normalized spacial score (nSPS) is 11.5. The Balaban J connectivity index is 0.00000216. The molecule has 2 unspecified atom stereocenters. The van der Waals surface area contributed by atoms with Gasteiger partial charge in [-0.3, -0.25) is 38.4 Å². The van der Waals surface area contributed by atoms with Crippen LogP contribution in [0.5, 0.6) is 5.75 Å². The first-order valence-corrected chi connectivity index (χ1v) is 21.1. The van der Waals surface area contributed by atoms with Gasteiger partial charge >= 0.3 is 17.9 Å². The molecule has 6 N–H and O–H groups in total. The Kier molecular flexibility index (Phi) is 34.1. The lowest BCUT2D eigenvalue weighted by atomic mass is 9.95. The minimum atomic E-state index is -1.25. The van der Waals surface area contributed by atoms with Crippen molar-refractivity contribution in [3.63, 3.8) is 0 Å². The van der Waals surface area contributed by atoms with Crippen LogP contribution in [0.3, 0.4) is 0 Å². The summed E-state index contributed by atoms with van der Waals surface area (Å²) in [4.78, 5) is 105. The van der Waals surface area contributed by atoms with Crippen LogP contribution in [0.4, 0.5) is 0 Å². The van der Waals surface area contributed by atoms with Gasteiger partial charge in [-0.15, -0.1) is 0 Å². The number of methoxy groups -OCH3 is 1. The highest BCUT2D eigenvalue weighted by atomic mass is 16.5. The Morgan fingerprint density at radius 1 is 0.603 bits per heavy atom. The van der Waals surface area contributed by atoms with E-state index in [0.717, 1.165) is 12.8 Å².